The Morgan fingerprint density at radius 1 is 1.05 bits per heavy atom. The Hall–Kier alpha value is -1.60. The van der Waals surface area contributed by atoms with E-state index in [4.69, 9.17) is 11.6 Å². The molecule has 1 nitrogen and oxygen atoms in total. The van der Waals surface area contributed by atoms with E-state index >= 15 is 0 Å². The van der Waals surface area contributed by atoms with Gasteiger partial charge in [-0.15, -0.1) is 0 Å². The summed E-state index contributed by atoms with van der Waals surface area (Å²) in [4.78, 5) is 12.2. The molecule has 2 heteroatoms. The minimum Gasteiger partial charge on any atom is -0.294 e. The fourth-order valence-electron chi connectivity index (χ4n) is 2.06. The summed E-state index contributed by atoms with van der Waals surface area (Å²) in [5, 5.41) is 0.651. The Labute approximate surface area is 119 Å². The van der Waals surface area contributed by atoms with Gasteiger partial charge in [0.15, 0.2) is 5.78 Å². The van der Waals surface area contributed by atoms with Gasteiger partial charge in [-0.2, -0.15) is 0 Å². The zero-order valence-corrected chi connectivity index (χ0v) is 11.8. The van der Waals surface area contributed by atoms with Crippen molar-refractivity contribution in [1.29, 1.82) is 0 Å². The molecule has 2 aromatic rings. The van der Waals surface area contributed by atoms with E-state index in [0.717, 1.165) is 24.0 Å². The molecule has 0 radical (unpaired) electrons. The summed E-state index contributed by atoms with van der Waals surface area (Å²) in [5.41, 5.74) is 2.91. The first kappa shape index (κ1) is 13.8. The van der Waals surface area contributed by atoms with Gasteiger partial charge in [-0.05, 0) is 23.6 Å². The van der Waals surface area contributed by atoms with Crippen LogP contribution in [0.15, 0.2) is 48.5 Å². The minimum absolute atomic E-state index is 0.108. The van der Waals surface area contributed by atoms with Crippen LogP contribution in [-0.2, 0) is 12.8 Å². The van der Waals surface area contributed by atoms with Gasteiger partial charge in [0, 0.05) is 17.0 Å². The monoisotopic (exact) mass is 272 g/mol. The largest absolute Gasteiger partial charge is 0.294 e. The van der Waals surface area contributed by atoms with Crippen LogP contribution in [0.2, 0.25) is 5.02 Å². The first-order valence-corrected chi connectivity index (χ1v) is 6.94. The quantitative estimate of drug-likeness (QED) is 0.720. The lowest BCUT2D eigenvalue weighted by Gasteiger charge is -2.05. The third-order valence-corrected chi connectivity index (χ3v) is 3.49. The molecule has 98 valence electrons. The zero-order chi connectivity index (χ0) is 13.7. The zero-order valence-electron chi connectivity index (χ0n) is 11.0. The van der Waals surface area contributed by atoms with Crippen LogP contribution in [0, 0.1) is 0 Å². The normalized spacial score (nSPS) is 10.4. The van der Waals surface area contributed by atoms with Crippen molar-refractivity contribution in [2.75, 3.05) is 0 Å². The fourth-order valence-corrected chi connectivity index (χ4v) is 2.27. The van der Waals surface area contributed by atoms with Gasteiger partial charge in [0.1, 0.15) is 0 Å². The van der Waals surface area contributed by atoms with Gasteiger partial charge in [0.2, 0.25) is 0 Å². The SMILES string of the molecule is CCCc1ccc(C(=O)Cc2ccccc2Cl)cc1. The van der Waals surface area contributed by atoms with Crippen LogP contribution < -0.4 is 0 Å². The van der Waals surface area contributed by atoms with Crippen LogP contribution in [0.5, 0.6) is 0 Å². The molecule has 2 aromatic carbocycles. The van der Waals surface area contributed by atoms with E-state index in [0.29, 0.717) is 11.4 Å². The maximum atomic E-state index is 12.2. The molecule has 0 fully saturated rings. The van der Waals surface area contributed by atoms with E-state index in [1.807, 2.05) is 48.5 Å². The van der Waals surface area contributed by atoms with Crippen LogP contribution in [0.3, 0.4) is 0 Å². The lowest BCUT2D eigenvalue weighted by atomic mass is 10.0. The molecule has 0 aliphatic carbocycles. The van der Waals surface area contributed by atoms with Gasteiger partial charge in [-0.25, -0.2) is 0 Å². The maximum absolute atomic E-state index is 12.2. The predicted octanol–water partition coefficient (Wildman–Crippen LogP) is 4.72. The summed E-state index contributed by atoms with van der Waals surface area (Å²) in [7, 11) is 0. The Kier molecular flexibility index (Phi) is 4.75. The Bertz CT molecular complexity index is 558. The van der Waals surface area contributed by atoms with E-state index in [-0.39, 0.29) is 5.78 Å². The topological polar surface area (TPSA) is 17.1 Å². The molecular weight excluding hydrogens is 256 g/mol. The summed E-state index contributed by atoms with van der Waals surface area (Å²) in [5.74, 6) is 0.108. The highest BCUT2D eigenvalue weighted by atomic mass is 35.5. The third-order valence-electron chi connectivity index (χ3n) is 3.12. The van der Waals surface area contributed by atoms with Crippen LogP contribution in [0.1, 0.15) is 34.8 Å². The molecule has 19 heavy (non-hydrogen) atoms. The standard InChI is InChI=1S/C17H17ClO/c1-2-5-13-8-10-14(11-9-13)17(19)12-15-6-3-4-7-16(15)18/h3-4,6-11H,2,5,12H2,1H3. The number of aryl methyl sites for hydroxylation is 1. The maximum Gasteiger partial charge on any atom is 0.167 e. The number of hydrogen-bond donors (Lipinski definition) is 0. The van der Waals surface area contributed by atoms with Crippen LogP contribution in [-0.4, -0.2) is 5.78 Å². The molecule has 0 N–H and O–H groups in total. The highest BCUT2D eigenvalue weighted by Gasteiger charge is 2.09. The van der Waals surface area contributed by atoms with E-state index in [1.165, 1.54) is 5.56 Å². The van der Waals surface area contributed by atoms with E-state index in [2.05, 4.69) is 6.92 Å². The number of halogens is 1. The summed E-state index contributed by atoms with van der Waals surface area (Å²) >= 11 is 6.07. The molecule has 0 atom stereocenters. The van der Waals surface area contributed by atoms with Gasteiger partial charge in [0.05, 0.1) is 0 Å². The van der Waals surface area contributed by atoms with Crippen molar-refractivity contribution in [3.05, 3.63) is 70.2 Å². The number of carbonyl (C=O) groups is 1. The molecule has 0 saturated carbocycles. The Morgan fingerprint density at radius 3 is 2.37 bits per heavy atom. The molecule has 0 unspecified atom stereocenters. The number of ketones is 1. The minimum atomic E-state index is 0.108. The number of rotatable bonds is 5. The van der Waals surface area contributed by atoms with E-state index < -0.39 is 0 Å². The van der Waals surface area contributed by atoms with Crippen molar-refractivity contribution in [3.8, 4) is 0 Å². The highest BCUT2D eigenvalue weighted by Crippen LogP contribution is 2.17. The van der Waals surface area contributed by atoms with Crippen molar-refractivity contribution < 1.29 is 4.79 Å². The molecule has 0 amide bonds. The van der Waals surface area contributed by atoms with Gasteiger partial charge in [-0.3, -0.25) is 4.79 Å². The van der Waals surface area contributed by atoms with Crippen molar-refractivity contribution in [2.45, 2.75) is 26.2 Å². The molecular formula is C17H17ClO. The fraction of sp³-hybridized carbons (Fsp3) is 0.235. The summed E-state index contributed by atoms with van der Waals surface area (Å²) in [6.07, 6.45) is 2.53. The third kappa shape index (κ3) is 3.68. The summed E-state index contributed by atoms with van der Waals surface area (Å²) in [6.45, 7) is 2.15. The van der Waals surface area contributed by atoms with Crippen LogP contribution >= 0.6 is 11.6 Å². The van der Waals surface area contributed by atoms with Crippen molar-refractivity contribution in [2.24, 2.45) is 0 Å². The summed E-state index contributed by atoms with van der Waals surface area (Å²) in [6, 6.07) is 15.4. The summed E-state index contributed by atoms with van der Waals surface area (Å²) < 4.78 is 0. The smallest absolute Gasteiger partial charge is 0.167 e. The van der Waals surface area contributed by atoms with Crippen molar-refractivity contribution in [1.82, 2.24) is 0 Å². The second-order valence-electron chi connectivity index (χ2n) is 4.64. The van der Waals surface area contributed by atoms with E-state index in [9.17, 15) is 4.79 Å². The number of carbonyl (C=O) groups excluding carboxylic acids is 1. The van der Waals surface area contributed by atoms with Gasteiger partial charge in [-0.1, -0.05) is 67.4 Å². The lowest BCUT2D eigenvalue weighted by Crippen LogP contribution is -2.04. The molecule has 0 saturated heterocycles. The van der Waals surface area contributed by atoms with Crippen molar-refractivity contribution >= 4 is 17.4 Å². The van der Waals surface area contributed by atoms with Crippen molar-refractivity contribution in [3.63, 3.8) is 0 Å². The number of hydrogen-bond acceptors (Lipinski definition) is 1. The predicted molar refractivity (Wildman–Crippen MR) is 79.9 cm³/mol. The first-order chi connectivity index (χ1) is 9.20. The van der Waals surface area contributed by atoms with Gasteiger partial charge >= 0.3 is 0 Å². The lowest BCUT2D eigenvalue weighted by molar-refractivity contribution is 0.0993. The molecule has 0 spiro atoms. The number of benzene rings is 2. The average molecular weight is 273 g/mol. The number of Topliss-reactive ketones (excluding diaryl/α,β-unsaturated/α-hetero) is 1. The average Bonchev–Trinajstić information content (AvgIpc) is 2.42. The Morgan fingerprint density at radius 2 is 1.74 bits per heavy atom. The first-order valence-electron chi connectivity index (χ1n) is 6.56. The molecule has 0 bridgehead atoms. The molecule has 2 rings (SSSR count). The second kappa shape index (κ2) is 6.53. The Balaban J connectivity index is 2.10. The molecule has 0 aliphatic rings. The second-order valence-corrected chi connectivity index (χ2v) is 5.05. The molecule has 0 aliphatic heterocycles. The van der Waals surface area contributed by atoms with E-state index in [1.54, 1.807) is 0 Å². The highest BCUT2D eigenvalue weighted by molar-refractivity contribution is 6.31. The molecule has 0 heterocycles. The van der Waals surface area contributed by atoms with Gasteiger partial charge < -0.3 is 0 Å². The van der Waals surface area contributed by atoms with Gasteiger partial charge in [0.25, 0.3) is 0 Å². The molecule has 0 aromatic heterocycles. The van der Waals surface area contributed by atoms with Crippen LogP contribution in [0.25, 0.3) is 0 Å². The van der Waals surface area contributed by atoms with Crippen LogP contribution in [0.4, 0.5) is 0 Å².